The smallest absolute Gasteiger partial charge is 0.0585 e. The molecular formula is C26H51NO. The molecule has 1 heterocycles. The van der Waals surface area contributed by atoms with Gasteiger partial charge in [0.15, 0.2) is 0 Å². The van der Waals surface area contributed by atoms with Crippen molar-refractivity contribution in [3.63, 3.8) is 0 Å². The molecule has 166 valence electrons. The zero-order valence-electron chi connectivity index (χ0n) is 19.8. The van der Waals surface area contributed by atoms with Gasteiger partial charge in [-0.25, -0.2) is 0 Å². The summed E-state index contributed by atoms with van der Waals surface area (Å²) in [6, 6.07) is 0. The number of ether oxygens (including phenoxy) is 1. The minimum absolute atomic E-state index is 0.576. The summed E-state index contributed by atoms with van der Waals surface area (Å²) in [7, 11) is 0. The SMILES string of the molecule is CCCCCCCC(CCC)CN1CCC2(CC1)CC(OCCC(C)CC)C2. The Morgan fingerprint density at radius 1 is 0.893 bits per heavy atom. The van der Waals surface area contributed by atoms with Gasteiger partial charge in [0.05, 0.1) is 6.10 Å². The largest absolute Gasteiger partial charge is 0.378 e. The van der Waals surface area contributed by atoms with Crippen molar-refractivity contribution in [1.82, 2.24) is 4.90 Å². The zero-order chi connectivity index (χ0) is 20.2. The fourth-order valence-electron chi connectivity index (χ4n) is 5.42. The van der Waals surface area contributed by atoms with Crippen molar-refractivity contribution in [2.24, 2.45) is 17.3 Å². The molecule has 2 heteroatoms. The predicted molar refractivity (Wildman–Crippen MR) is 123 cm³/mol. The van der Waals surface area contributed by atoms with Crippen LogP contribution in [0.3, 0.4) is 0 Å². The number of nitrogens with zero attached hydrogens (tertiary/aromatic N) is 1. The number of hydrogen-bond donors (Lipinski definition) is 0. The van der Waals surface area contributed by atoms with Crippen molar-refractivity contribution in [3.05, 3.63) is 0 Å². The first-order chi connectivity index (χ1) is 13.6. The van der Waals surface area contributed by atoms with Gasteiger partial charge in [0.25, 0.3) is 0 Å². The van der Waals surface area contributed by atoms with Crippen LogP contribution in [0.25, 0.3) is 0 Å². The average Bonchev–Trinajstić information content (AvgIpc) is 2.67. The molecule has 2 atom stereocenters. The van der Waals surface area contributed by atoms with E-state index in [-0.39, 0.29) is 0 Å². The lowest BCUT2D eigenvalue weighted by Gasteiger charge is -2.52. The Labute approximate surface area is 177 Å². The maximum atomic E-state index is 6.16. The van der Waals surface area contributed by atoms with Gasteiger partial charge in [-0.1, -0.05) is 72.6 Å². The lowest BCUT2D eigenvalue weighted by Crippen LogP contribution is -2.50. The first kappa shape index (κ1) is 24.2. The van der Waals surface area contributed by atoms with Crippen molar-refractivity contribution in [2.75, 3.05) is 26.2 Å². The summed E-state index contributed by atoms with van der Waals surface area (Å²) in [5.41, 5.74) is 0.651. The fourth-order valence-corrected chi connectivity index (χ4v) is 5.42. The molecule has 2 rings (SSSR count). The highest BCUT2D eigenvalue weighted by atomic mass is 16.5. The molecule has 2 unspecified atom stereocenters. The van der Waals surface area contributed by atoms with Gasteiger partial charge >= 0.3 is 0 Å². The second-order valence-electron chi connectivity index (χ2n) is 10.4. The Hall–Kier alpha value is -0.0800. The highest BCUT2D eigenvalue weighted by molar-refractivity contribution is 4.98. The summed E-state index contributed by atoms with van der Waals surface area (Å²) < 4.78 is 6.16. The molecule has 1 spiro atoms. The van der Waals surface area contributed by atoms with Crippen LogP contribution in [0.2, 0.25) is 0 Å². The van der Waals surface area contributed by atoms with E-state index in [1.165, 1.54) is 110 Å². The molecule has 0 bridgehead atoms. The van der Waals surface area contributed by atoms with Crippen LogP contribution < -0.4 is 0 Å². The Bertz CT molecular complexity index is 380. The second kappa shape index (κ2) is 13.3. The van der Waals surface area contributed by atoms with E-state index in [9.17, 15) is 0 Å². The molecule has 0 aromatic rings. The monoisotopic (exact) mass is 393 g/mol. The first-order valence-corrected chi connectivity index (χ1v) is 12.9. The van der Waals surface area contributed by atoms with Gasteiger partial charge in [0, 0.05) is 13.2 Å². The van der Waals surface area contributed by atoms with Crippen LogP contribution in [0.1, 0.15) is 118 Å². The maximum Gasteiger partial charge on any atom is 0.0585 e. The van der Waals surface area contributed by atoms with Crippen LogP contribution in [0.4, 0.5) is 0 Å². The molecule has 0 aromatic carbocycles. The Balaban J connectivity index is 1.59. The summed E-state index contributed by atoms with van der Waals surface area (Å²) in [4.78, 5) is 2.80. The number of rotatable bonds is 15. The molecule has 0 amide bonds. The van der Waals surface area contributed by atoms with Gasteiger partial charge in [0.1, 0.15) is 0 Å². The Kier molecular flexibility index (Phi) is 11.5. The standard InChI is InChI=1S/C26H51NO/c1-5-8-9-10-11-13-24(12-6-2)22-27-17-15-26(16-18-27)20-25(21-26)28-19-14-23(4)7-3/h23-25H,5-22H2,1-4H3. The van der Waals surface area contributed by atoms with Gasteiger partial charge in [-0.2, -0.15) is 0 Å². The van der Waals surface area contributed by atoms with Gasteiger partial charge in [-0.15, -0.1) is 0 Å². The quantitative estimate of drug-likeness (QED) is 0.268. The molecule has 2 fully saturated rings. The molecule has 1 saturated heterocycles. The second-order valence-corrected chi connectivity index (χ2v) is 10.4. The van der Waals surface area contributed by atoms with E-state index >= 15 is 0 Å². The molecule has 28 heavy (non-hydrogen) atoms. The molecule has 0 N–H and O–H groups in total. The topological polar surface area (TPSA) is 12.5 Å². The molecule has 2 nitrogen and oxygen atoms in total. The normalized spacial score (nSPS) is 22.3. The van der Waals surface area contributed by atoms with Crippen LogP contribution in [-0.4, -0.2) is 37.2 Å². The summed E-state index contributed by atoms with van der Waals surface area (Å²) in [6.07, 6.45) is 20.0. The van der Waals surface area contributed by atoms with Gasteiger partial charge < -0.3 is 9.64 Å². The molecule has 1 aliphatic carbocycles. The van der Waals surface area contributed by atoms with Crippen LogP contribution in [0.15, 0.2) is 0 Å². The third-order valence-corrected chi connectivity index (χ3v) is 7.83. The summed E-state index contributed by atoms with van der Waals surface area (Å²) in [5.74, 6) is 1.76. The molecular weight excluding hydrogens is 342 g/mol. The summed E-state index contributed by atoms with van der Waals surface area (Å²) in [5, 5.41) is 0. The highest BCUT2D eigenvalue weighted by Crippen LogP contribution is 2.50. The number of unbranched alkanes of at least 4 members (excludes halogenated alkanes) is 4. The third-order valence-electron chi connectivity index (χ3n) is 7.83. The lowest BCUT2D eigenvalue weighted by molar-refractivity contribution is -0.107. The van der Waals surface area contributed by atoms with Crippen molar-refractivity contribution in [3.8, 4) is 0 Å². The number of likely N-dealkylation sites (tertiary alicyclic amines) is 1. The van der Waals surface area contributed by atoms with Crippen LogP contribution in [0.5, 0.6) is 0 Å². The summed E-state index contributed by atoms with van der Waals surface area (Å²) in [6.45, 7) is 14.3. The van der Waals surface area contributed by atoms with Crippen molar-refractivity contribution in [1.29, 1.82) is 0 Å². The van der Waals surface area contributed by atoms with E-state index in [2.05, 4.69) is 32.6 Å². The molecule has 1 aliphatic heterocycles. The highest BCUT2D eigenvalue weighted by Gasteiger charge is 2.46. The van der Waals surface area contributed by atoms with Gasteiger partial charge in [-0.3, -0.25) is 0 Å². The van der Waals surface area contributed by atoms with E-state index in [0.717, 1.165) is 18.4 Å². The van der Waals surface area contributed by atoms with E-state index in [1.807, 2.05) is 0 Å². The summed E-state index contributed by atoms with van der Waals surface area (Å²) >= 11 is 0. The van der Waals surface area contributed by atoms with Crippen molar-refractivity contribution >= 4 is 0 Å². The van der Waals surface area contributed by atoms with Gasteiger partial charge in [0.2, 0.25) is 0 Å². The first-order valence-electron chi connectivity index (χ1n) is 12.9. The van der Waals surface area contributed by atoms with Gasteiger partial charge in [-0.05, 0) is 75.3 Å². The predicted octanol–water partition coefficient (Wildman–Crippen LogP) is 7.46. The van der Waals surface area contributed by atoms with Crippen LogP contribution in [-0.2, 0) is 4.74 Å². The molecule has 1 saturated carbocycles. The number of piperidine rings is 1. The van der Waals surface area contributed by atoms with Crippen molar-refractivity contribution in [2.45, 2.75) is 124 Å². The third kappa shape index (κ3) is 8.34. The maximum absolute atomic E-state index is 6.16. The molecule has 0 aromatic heterocycles. The minimum atomic E-state index is 0.576. The minimum Gasteiger partial charge on any atom is -0.378 e. The van der Waals surface area contributed by atoms with E-state index in [1.54, 1.807) is 0 Å². The van der Waals surface area contributed by atoms with E-state index in [0.29, 0.717) is 11.5 Å². The molecule has 2 aliphatic rings. The number of hydrogen-bond acceptors (Lipinski definition) is 2. The van der Waals surface area contributed by atoms with E-state index in [4.69, 9.17) is 4.74 Å². The van der Waals surface area contributed by atoms with Crippen molar-refractivity contribution < 1.29 is 4.74 Å². The lowest BCUT2D eigenvalue weighted by atomic mass is 9.61. The van der Waals surface area contributed by atoms with Crippen LogP contribution in [0, 0.1) is 17.3 Å². The molecule has 0 radical (unpaired) electrons. The average molecular weight is 394 g/mol. The van der Waals surface area contributed by atoms with Crippen LogP contribution >= 0.6 is 0 Å². The fraction of sp³-hybridized carbons (Fsp3) is 1.00. The zero-order valence-corrected chi connectivity index (χ0v) is 19.8. The Morgan fingerprint density at radius 2 is 1.61 bits per heavy atom. The Morgan fingerprint density at radius 3 is 2.25 bits per heavy atom. The van der Waals surface area contributed by atoms with E-state index < -0.39 is 0 Å².